The fraction of sp³-hybridized carbons (Fsp3) is 0.500. The molecule has 278 valence electrons. The van der Waals surface area contributed by atoms with Crippen LogP contribution in [-0.4, -0.2) is 53.8 Å². The van der Waals surface area contributed by atoms with Crippen molar-refractivity contribution in [3.63, 3.8) is 0 Å². The molecule has 16 heteroatoms. The van der Waals surface area contributed by atoms with Crippen molar-refractivity contribution in [3.8, 4) is 22.8 Å². The molecular formula is C34H36F11NO4. The largest absolute Gasteiger partial charge is 0.573 e. The lowest BCUT2D eigenvalue weighted by Gasteiger charge is -2.36. The Balaban J connectivity index is 1.87. The van der Waals surface area contributed by atoms with Gasteiger partial charge in [-0.15, -0.1) is 13.2 Å². The van der Waals surface area contributed by atoms with Gasteiger partial charge in [-0.1, -0.05) is 32.4 Å². The Morgan fingerprint density at radius 1 is 0.840 bits per heavy atom. The van der Waals surface area contributed by atoms with E-state index in [0.717, 1.165) is 19.3 Å². The molecule has 3 rings (SSSR count). The highest BCUT2D eigenvalue weighted by atomic mass is 19.4. The van der Waals surface area contributed by atoms with Crippen molar-refractivity contribution in [1.82, 2.24) is 4.57 Å². The van der Waals surface area contributed by atoms with Crippen LogP contribution in [0.2, 0.25) is 0 Å². The van der Waals surface area contributed by atoms with Crippen molar-refractivity contribution in [3.05, 3.63) is 60.7 Å². The topological polar surface area (TPSA) is 49.7 Å². The molecule has 0 unspecified atom stereocenters. The number of nitrogens with zero attached hydrogens (tertiary/aromatic N) is 1. The van der Waals surface area contributed by atoms with Crippen LogP contribution in [0, 0.1) is 0 Å². The fourth-order valence-corrected chi connectivity index (χ4v) is 5.19. The molecule has 2 aromatic carbocycles. The van der Waals surface area contributed by atoms with Crippen molar-refractivity contribution < 1.29 is 67.3 Å². The van der Waals surface area contributed by atoms with Gasteiger partial charge in [0, 0.05) is 29.1 Å². The van der Waals surface area contributed by atoms with Crippen LogP contribution < -0.4 is 9.47 Å². The van der Waals surface area contributed by atoms with Crippen molar-refractivity contribution in [2.75, 3.05) is 13.2 Å². The molecule has 50 heavy (non-hydrogen) atoms. The maximum Gasteiger partial charge on any atom is 0.573 e. The van der Waals surface area contributed by atoms with E-state index in [-0.39, 0.29) is 11.3 Å². The molecule has 0 fully saturated rings. The van der Waals surface area contributed by atoms with Gasteiger partial charge in [0.15, 0.2) is 0 Å². The van der Waals surface area contributed by atoms with Gasteiger partial charge in [0.05, 0.1) is 37.3 Å². The first-order valence-corrected chi connectivity index (χ1v) is 15.6. The van der Waals surface area contributed by atoms with E-state index in [2.05, 4.69) is 16.1 Å². The number of aromatic nitrogens is 1. The molecule has 0 amide bonds. The van der Waals surface area contributed by atoms with E-state index >= 15 is 0 Å². The molecule has 0 spiro atoms. The molecule has 3 aromatic rings. The summed E-state index contributed by atoms with van der Waals surface area (Å²) in [7, 11) is 0. The van der Waals surface area contributed by atoms with Crippen LogP contribution in [0.3, 0.4) is 0 Å². The number of unbranched alkanes of at least 4 members (excludes halogenated alkanes) is 2. The monoisotopic (exact) mass is 731 g/mol. The van der Waals surface area contributed by atoms with Crippen LogP contribution in [-0.2, 0) is 16.0 Å². The van der Waals surface area contributed by atoms with Crippen LogP contribution in [0.4, 0.5) is 48.3 Å². The average Bonchev–Trinajstić information content (AvgIpc) is 3.39. The Morgan fingerprint density at radius 3 is 2.02 bits per heavy atom. The number of hydrogen-bond donors (Lipinski definition) is 0. The molecule has 0 aliphatic heterocycles. The highest BCUT2D eigenvalue weighted by Crippen LogP contribution is 2.54. The minimum Gasteiger partial charge on any atom is -0.493 e. The van der Waals surface area contributed by atoms with Crippen LogP contribution in [0.15, 0.2) is 55.1 Å². The highest BCUT2D eigenvalue weighted by Gasteiger charge is 2.79. The smallest absolute Gasteiger partial charge is 0.493 e. The predicted molar refractivity (Wildman–Crippen MR) is 163 cm³/mol. The Morgan fingerprint density at radius 2 is 1.46 bits per heavy atom. The van der Waals surface area contributed by atoms with Gasteiger partial charge in [0.1, 0.15) is 11.5 Å². The number of aryl methyl sites for hydroxylation is 1. The number of esters is 1. The lowest BCUT2D eigenvalue weighted by Crippen LogP contribution is -2.62. The zero-order valence-corrected chi connectivity index (χ0v) is 27.3. The summed E-state index contributed by atoms with van der Waals surface area (Å²) < 4.78 is 170. The summed E-state index contributed by atoms with van der Waals surface area (Å²) in [6, 6.07) is 9.55. The van der Waals surface area contributed by atoms with Gasteiger partial charge in [-0.25, -0.2) is 4.79 Å². The number of benzene rings is 2. The van der Waals surface area contributed by atoms with E-state index in [1.807, 2.05) is 6.92 Å². The average molecular weight is 732 g/mol. The molecule has 0 N–H and O–H groups in total. The fourth-order valence-electron chi connectivity index (χ4n) is 5.19. The van der Waals surface area contributed by atoms with E-state index in [0.29, 0.717) is 34.7 Å². The highest BCUT2D eigenvalue weighted by molar-refractivity contribution is 5.89. The first-order valence-electron chi connectivity index (χ1n) is 15.6. The van der Waals surface area contributed by atoms with Crippen LogP contribution in [0.5, 0.6) is 11.5 Å². The second-order valence-corrected chi connectivity index (χ2v) is 11.8. The van der Waals surface area contributed by atoms with E-state index in [4.69, 9.17) is 4.74 Å². The standard InChI is InChI=1S/C34H36F11NO4/c1-5-7-8-9-22-10-13-25(28(18-22)50-34(43,44)45)27-19-23-11-12-24(20-26(23)46(27)21(3)4)48-16-14-30(35,36)32(39,40)33(41,42)31(37,38)15-17-49-29(47)6-2/h6,10-13,18-21H,2,5,7-9,14-17H2,1,3-4H3. The molecule has 0 aliphatic carbocycles. The van der Waals surface area contributed by atoms with E-state index in [1.165, 1.54) is 30.3 Å². The van der Waals surface area contributed by atoms with Crippen molar-refractivity contribution >= 4 is 16.9 Å². The van der Waals surface area contributed by atoms with Crippen molar-refractivity contribution in [1.29, 1.82) is 0 Å². The number of fused-ring (bicyclic) bond motifs is 1. The SMILES string of the molecule is C=CC(=O)OCCC(F)(F)C(F)(F)C(F)(F)C(F)(F)CCOc1ccc2cc(-c3ccc(CCCCC)cc3OC(F)(F)F)n(C(C)C)c2c1. The summed E-state index contributed by atoms with van der Waals surface area (Å²) in [4.78, 5) is 10.9. The van der Waals surface area contributed by atoms with Gasteiger partial charge in [0.25, 0.3) is 0 Å². The normalized spacial score (nSPS) is 13.2. The van der Waals surface area contributed by atoms with Gasteiger partial charge in [-0.3, -0.25) is 0 Å². The van der Waals surface area contributed by atoms with E-state index in [1.54, 1.807) is 30.5 Å². The second-order valence-electron chi connectivity index (χ2n) is 11.8. The molecular weight excluding hydrogens is 695 g/mol. The summed E-state index contributed by atoms with van der Waals surface area (Å²) in [5, 5.41) is 0.462. The summed E-state index contributed by atoms with van der Waals surface area (Å²) in [6.07, 6.45) is -5.73. The maximum absolute atomic E-state index is 14.5. The number of carbonyl (C=O) groups excluding carboxylic acids is 1. The van der Waals surface area contributed by atoms with Crippen LogP contribution >= 0.6 is 0 Å². The third-order valence-corrected chi connectivity index (χ3v) is 7.77. The molecule has 0 radical (unpaired) electrons. The van der Waals surface area contributed by atoms with Gasteiger partial charge in [0.2, 0.25) is 0 Å². The van der Waals surface area contributed by atoms with Gasteiger partial charge < -0.3 is 18.8 Å². The van der Waals surface area contributed by atoms with Crippen LogP contribution in [0.25, 0.3) is 22.2 Å². The molecule has 1 heterocycles. The zero-order valence-electron chi connectivity index (χ0n) is 27.3. The Kier molecular flexibility index (Phi) is 12.5. The van der Waals surface area contributed by atoms with Gasteiger partial charge >= 0.3 is 36.0 Å². The van der Waals surface area contributed by atoms with E-state index < -0.39 is 73.9 Å². The first-order chi connectivity index (χ1) is 23.1. The predicted octanol–water partition coefficient (Wildman–Crippen LogP) is 10.9. The quantitative estimate of drug-likeness (QED) is 0.0566. The summed E-state index contributed by atoms with van der Waals surface area (Å²) in [5.41, 5.74) is 1.34. The van der Waals surface area contributed by atoms with Gasteiger partial charge in [-0.2, -0.15) is 35.1 Å². The molecule has 0 saturated heterocycles. The zero-order chi connectivity index (χ0) is 37.7. The summed E-state index contributed by atoms with van der Waals surface area (Å²) >= 11 is 0. The molecule has 0 bridgehead atoms. The third-order valence-electron chi connectivity index (χ3n) is 7.77. The number of halogens is 11. The molecule has 0 atom stereocenters. The number of rotatable bonds is 18. The van der Waals surface area contributed by atoms with Gasteiger partial charge in [-0.05, 0) is 62.6 Å². The first kappa shape index (κ1) is 40.4. The summed E-state index contributed by atoms with van der Waals surface area (Å²) in [6.45, 7) is 5.55. The molecule has 5 nitrogen and oxygen atoms in total. The molecule has 0 saturated carbocycles. The Labute approximate surface area is 281 Å². The Bertz CT molecular complexity index is 1630. The lowest BCUT2D eigenvalue weighted by molar-refractivity contribution is -0.368. The van der Waals surface area contributed by atoms with Crippen LogP contribution in [0.1, 0.15) is 64.5 Å². The molecule has 0 aliphatic rings. The molecule has 1 aromatic heterocycles. The number of hydrogen-bond acceptors (Lipinski definition) is 4. The second kappa shape index (κ2) is 15.5. The number of carbonyl (C=O) groups is 1. The minimum atomic E-state index is -6.56. The van der Waals surface area contributed by atoms with Crippen molar-refractivity contribution in [2.45, 2.75) is 95.4 Å². The third kappa shape index (κ3) is 9.02. The number of ether oxygens (including phenoxy) is 3. The van der Waals surface area contributed by atoms with Crippen molar-refractivity contribution in [2.24, 2.45) is 0 Å². The van der Waals surface area contributed by atoms with E-state index in [9.17, 15) is 53.1 Å². The lowest BCUT2D eigenvalue weighted by atomic mass is 9.95. The summed E-state index contributed by atoms with van der Waals surface area (Å²) in [5.74, 6) is -26.5. The Hall–Kier alpha value is -3.98. The maximum atomic E-state index is 14.5. The minimum absolute atomic E-state index is 0.0902. The number of alkyl halides is 11.